The number of morpholine rings is 1. The predicted octanol–water partition coefficient (Wildman–Crippen LogP) is 7.12. The Morgan fingerprint density at radius 3 is 2.54 bits per heavy atom. The fourth-order valence-electron chi connectivity index (χ4n) is 10.3. The zero-order valence-corrected chi connectivity index (χ0v) is 33.5. The van der Waals surface area contributed by atoms with E-state index in [1.165, 1.54) is 5.57 Å². The lowest BCUT2D eigenvalue weighted by Gasteiger charge is -2.49. The average molecular weight is 784 g/mol. The summed E-state index contributed by atoms with van der Waals surface area (Å²) in [5.74, 6) is 0.230. The van der Waals surface area contributed by atoms with Gasteiger partial charge in [0.2, 0.25) is 10.0 Å². The van der Waals surface area contributed by atoms with Crippen molar-refractivity contribution in [2.24, 2.45) is 23.7 Å². The van der Waals surface area contributed by atoms with Crippen molar-refractivity contribution in [3.05, 3.63) is 69.5 Å². The van der Waals surface area contributed by atoms with E-state index >= 15 is 4.39 Å². The van der Waals surface area contributed by atoms with Gasteiger partial charge in [-0.15, -0.1) is 0 Å². The number of rotatable bonds is 5. The molecule has 7 aliphatic rings. The summed E-state index contributed by atoms with van der Waals surface area (Å²) < 4.78 is 64.6. The lowest BCUT2D eigenvalue weighted by atomic mass is 9.64. The largest absolute Gasteiger partial charge is 0.491 e. The van der Waals surface area contributed by atoms with E-state index in [0.29, 0.717) is 42.8 Å². The SMILES string of the molecule is C[C@@H]1[C@@H](C)S(=O)(=O)NC(=O)c2ccc3c(c2)N(C[C@@H]2CC[C@H]2[C@@H](OCCN2C[C@@H](C)O[C@@H](C)C2)C2=C[C@H]1C2)C(C1CCCc2c1ccc(Cl)c2F)CCO3. The van der Waals surface area contributed by atoms with E-state index in [2.05, 4.69) is 34.4 Å². The van der Waals surface area contributed by atoms with Crippen molar-refractivity contribution in [2.75, 3.05) is 44.3 Å². The molecule has 2 aromatic rings. The van der Waals surface area contributed by atoms with Crippen LogP contribution in [0.1, 0.15) is 93.6 Å². The number of halogens is 2. The highest BCUT2D eigenvalue weighted by molar-refractivity contribution is 7.90. The molecule has 2 unspecified atom stereocenters. The van der Waals surface area contributed by atoms with Gasteiger partial charge in [0.05, 0.1) is 47.5 Å². The third kappa shape index (κ3) is 7.33. The lowest BCUT2D eigenvalue weighted by molar-refractivity contribution is -0.0821. The number of nitrogens with zero attached hydrogens (tertiary/aromatic N) is 2. The maximum atomic E-state index is 15.5. The first-order valence-electron chi connectivity index (χ1n) is 20.1. The summed E-state index contributed by atoms with van der Waals surface area (Å²) in [5.41, 5.74) is 4.00. The monoisotopic (exact) mass is 783 g/mol. The van der Waals surface area contributed by atoms with Crippen molar-refractivity contribution in [1.82, 2.24) is 9.62 Å². The Labute approximate surface area is 325 Å². The third-order valence-corrected chi connectivity index (χ3v) is 15.7. The first-order chi connectivity index (χ1) is 25.9. The average Bonchev–Trinajstić information content (AvgIpc) is 3.28. The minimum absolute atomic E-state index is 0.0276. The van der Waals surface area contributed by atoms with Gasteiger partial charge in [-0.05, 0) is 124 Å². The van der Waals surface area contributed by atoms with E-state index in [4.69, 9.17) is 25.8 Å². The molecule has 4 aliphatic heterocycles. The van der Waals surface area contributed by atoms with Crippen LogP contribution < -0.4 is 14.4 Å². The maximum Gasteiger partial charge on any atom is 0.264 e. The molecule has 1 saturated carbocycles. The number of benzene rings is 2. The maximum absolute atomic E-state index is 15.5. The quantitative estimate of drug-likeness (QED) is 0.321. The highest BCUT2D eigenvalue weighted by atomic mass is 35.5. The van der Waals surface area contributed by atoms with Gasteiger partial charge in [0.15, 0.2) is 0 Å². The highest BCUT2D eigenvalue weighted by Gasteiger charge is 2.46. The van der Waals surface area contributed by atoms with E-state index in [0.717, 1.165) is 76.0 Å². The molecule has 10 atom stereocenters. The molecule has 0 radical (unpaired) electrons. The molecule has 0 spiro atoms. The normalized spacial score (nSPS) is 35.2. The fraction of sp³-hybridized carbons (Fsp3) is 0.643. The van der Waals surface area contributed by atoms with Crippen LogP contribution in [0.15, 0.2) is 42.0 Å². The molecule has 2 fully saturated rings. The number of sulfonamides is 1. The van der Waals surface area contributed by atoms with Gasteiger partial charge in [0.25, 0.3) is 5.91 Å². The van der Waals surface area contributed by atoms with E-state index < -0.39 is 21.2 Å². The molecule has 9 rings (SSSR count). The van der Waals surface area contributed by atoms with Crippen LogP contribution in [-0.2, 0) is 25.9 Å². The van der Waals surface area contributed by atoms with Crippen LogP contribution in [0.4, 0.5) is 10.1 Å². The molecular weight excluding hydrogens is 729 g/mol. The molecule has 0 aromatic heterocycles. The van der Waals surface area contributed by atoms with Crippen molar-refractivity contribution < 1.29 is 31.8 Å². The van der Waals surface area contributed by atoms with Gasteiger partial charge in [-0.25, -0.2) is 17.5 Å². The van der Waals surface area contributed by atoms with Crippen molar-refractivity contribution in [2.45, 2.75) is 108 Å². The second-order valence-corrected chi connectivity index (χ2v) is 19.4. The van der Waals surface area contributed by atoms with E-state index in [1.807, 2.05) is 13.0 Å². The Balaban J connectivity index is 1.16. The second kappa shape index (κ2) is 15.3. The van der Waals surface area contributed by atoms with E-state index in [9.17, 15) is 13.2 Å². The molecule has 1 amide bonds. The molecule has 294 valence electrons. The number of fused-ring (bicyclic) bond motifs is 5. The Kier molecular flexibility index (Phi) is 10.8. The lowest BCUT2D eigenvalue weighted by Crippen LogP contribution is -2.51. The summed E-state index contributed by atoms with van der Waals surface area (Å²) in [6.45, 7) is 12.3. The number of carbonyl (C=O) groups is 1. The standard InChI is InChI=1S/C42H55ClFN3O6S/c1-24-21-46(22-25(2)53-24)15-17-52-41-31-18-30(19-31)26(3)27(4)54(49,50)45-42(48)28-9-13-39-38(20-28)47(23-29-8-10-32(29)41)37(14-16-51-39)34-6-5-7-35-33(34)11-12-36(43)40(35)44/h9,11-13,18,20,24-27,29-30,32,34,37,41H,5-8,10,14-17,19,21-23H2,1-4H3,(H,45,48)/t24-,25+,26-,27-,29+,30+,32-,34?,37?,41+/m1/s1. The van der Waals surface area contributed by atoms with Crippen molar-refractivity contribution in [3.63, 3.8) is 0 Å². The van der Waals surface area contributed by atoms with Gasteiger partial charge in [-0.2, -0.15) is 0 Å². The number of ether oxygens (including phenoxy) is 3. The van der Waals surface area contributed by atoms with Gasteiger partial charge in [-0.3, -0.25) is 9.69 Å². The molecule has 1 N–H and O–H groups in total. The number of hydrogen-bond acceptors (Lipinski definition) is 8. The first kappa shape index (κ1) is 38.2. The fourth-order valence-corrected chi connectivity index (χ4v) is 11.8. The van der Waals surface area contributed by atoms with Gasteiger partial charge in [0, 0.05) is 50.1 Å². The topological polar surface area (TPSA) is 97.4 Å². The molecule has 54 heavy (non-hydrogen) atoms. The summed E-state index contributed by atoms with van der Waals surface area (Å²) in [4.78, 5) is 18.6. The van der Waals surface area contributed by atoms with E-state index in [-0.39, 0.29) is 58.5 Å². The molecular formula is C42H55ClFN3O6S. The molecule has 2 aromatic carbocycles. The van der Waals surface area contributed by atoms with Crippen LogP contribution in [0.25, 0.3) is 0 Å². The van der Waals surface area contributed by atoms with Crippen LogP contribution in [0.3, 0.4) is 0 Å². The Bertz CT molecular complexity index is 1880. The number of amides is 1. The minimum Gasteiger partial charge on any atom is -0.491 e. The third-order valence-electron chi connectivity index (χ3n) is 13.5. The molecule has 9 nitrogen and oxygen atoms in total. The van der Waals surface area contributed by atoms with Crippen LogP contribution in [0, 0.1) is 29.5 Å². The minimum atomic E-state index is -3.98. The Morgan fingerprint density at radius 2 is 1.80 bits per heavy atom. The van der Waals surface area contributed by atoms with Crippen LogP contribution in [0.5, 0.6) is 5.75 Å². The van der Waals surface area contributed by atoms with Crippen molar-refractivity contribution in [3.8, 4) is 5.75 Å². The molecule has 4 heterocycles. The zero-order chi connectivity index (χ0) is 37.9. The molecule has 4 bridgehead atoms. The van der Waals surface area contributed by atoms with Gasteiger partial charge in [0.1, 0.15) is 11.6 Å². The highest BCUT2D eigenvalue weighted by Crippen LogP contribution is 2.50. The summed E-state index contributed by atoms with van der Waals surface area (Å²) in [7, 11) is -3.98. The Hall–Kier alpha value is -2.70. The van der Waals surface area contributed by atoms with Crippen molar-refractivity contribution >= 4 is 33.2 Å². The van der Waals surface area contributed by atoms with Gasteiger partial charge < -0.3 is 19.1 Å². The van der Waals surface area contributed by atoms with Crippen LogP contribution >= 0.6 is 11.6 Å². The molecule has 3 aliphatic carbocycles. The summed E-state index contributed by atoms with van der Waals surface area (Å²) in [6, 6.07) is 8.89. The van der Waals surface area contributed by atoms with E-state index in [1.54, 1.807) is 31.2 Å². The summed E-state index contributed by atoms with van der Waals surface area (Å²) in [6.07, 6.45) is 8.56. The first-order valence-corrected chi connectivity index (χ1v) is 22.1. The smallest absolute Gasteiger partial charge is 0.264 e. The van der Waals surface area contributed by atoms with Gasteiger partial charge >= 0.3 is 0 Å². The van der Waals surface area contributed by atoms with Crippen LogP contribution in [0.2, 0.25) is 5.02 Å². The molecule has 1 saturated heterocycles. The predicted molar refractivity (Wildman–Crippen MR) is 208 cm³/mol. The van der Waals surface area contributed by atoms with Gasteiger partial charge in [-0.1, -0.05) is 30.7 Å². The Morgan fingerprint density at radius 1 is 1.02 bits per heavy atom. The molecule has 12 heteroatoms. The van der Waals surface area contributed by atoms with Crippen LogP contribution in [-0.4, -0.2) is 88.2 Å². The number of nitrogens with one attached hydrogen (secondary N) is 1. The number of allylic oxidation sites excluding steroid dienone is 1. The summed E-state index contributed by atoms with van der Waals surface area (Å²) in [5, 5.41) is -0.625. The second-order valence-electron chi connectivity index (χ2n) is 16.9. The zero-order valence-electron chi connectivity index (χ0n) is 31.9. The number of anilines is 1. The van der Waals surface area contributed by atoms with Crippen molar-refractivity contribution in [1.29, 1.82) is 0 Å². The summed E-state index contributed by atoms with van der Waals surface area (Å²) >= 11 is 6.29. The number of carbonyl (C=O) groups excluding carboxylic acids is 1. The number of hydrogen-bond donors (Lipinski definition) is 1.